The highest BCUT2D eigenvalue weighted by atomic mass is 19.1. The van der Waals surface area contributed by atoms with E-state index >= 15 is 0 Å². The normalized spacial score (nSPS) is 10.9. The lowest BCUT2D eigenvalue weighted by Gasteiger charge is -1.98. The van der Waals surface area contributed by atoms with Crippen LogP contribution in [0.5, 0.6) is 0 Å². The van der Waals surface area contributed by atoms with Gasteiger partial charge in [-0.1, -0.05) is 0 Å². The van der Waals surface area contributed by atoms with E-state index in [4.69, 9.17) is 5.73 Å². The highest BCUT2D eigenvalue weighted by Gasteiger charge is 2.13. The highest BCUT2D eigenvalue weighted by Crippen LogP contribution is 2.26. The molecule has 4 nitrogen and oxygen atoms in total. The van der Waals surface area contributed by atoms with Crippen molar-refractivity contribution >= 4 is 11.5 Å². The van der Waals surface area contributed by atoms with Crippen LogP contribution in [0, 0.1) is 5.82 Å². The minimum atomic E-state index is -0.389. The Bertz CT molecular complexity index is 676. The standard InChI is InChI=1S/C12H9FN4/c13-9-2-1-7-17-11(14)10(16-12(9)17)8-3-5-15-6-4-8/h1-7H,14H2. The molecule has 0 amide bonds. The zero-order valence-corrected chi connectivity index (χ0v) is 8.84. The fourth-order valence-electron chi connectivity index (χ4n) is 1.77. The Morgan fingerprint density at radius 3 is 2.65 bits per heavy atom. The zero-order valence-electron chi connectivity index (χ0n) is 8.84. The molecule has 0 saturated heterocycles. The molecule has 0 aliphatic rings. The molecule has 0 spiro atoms. The molecule has 0 atom stereocenters. The number of halogens is 1. The van der Waals surface area contributed by atoms with Crippen LogP contribution in [0.2, 0.25) is 0 Å². The van der Waals surface area contributed by atoms with Gasteiger partial charge in [-0.15, -0.1) is 0 Å². The summed E-state index contributed by atoms with van der Waals surface area (Å²) in [5.74, 6) is 0.0326. The van der Waals surface area contributed by atoms with Gasteiger partial charge < -0.3 is 5.73 Å². The van der Waals surface area contributed by atoms with Gasteiger partial charge in [0.25, 0.3) is 0 Å². The van der Waals surface area contributed by atoms with E-state index in [1.165, 1.54) is 10.5 Å². The van der Waals surface area contributed by atoms with E-state index in [1.54, 1.807) is 36.8 Å². The third-order valence-corrected chi connectivity index (χ3v) is 2.59. The molecular weight excluding hydrogens is 219 g/mol. The molecule has 0 aliphatic heterocycles. The van der Waals surface area contributed by atoms with E-state index in [2.05, 4.69) is 9.97 Å². The van der Waals surface area contributed by atoms with Crippen LogP contribution in [0.25, 0.3) is 16.9 Å². The summed E-state index contributed by atoms with van der Waals surface area (Å²) in [4.78, 5) is 8.14. The minimum Gasteiger partial charge on any atom is -0.383 e. The second-order valence-corrected chi connectivity index (χ2v) is 3.63. The summed E-state index contributed by atoms with van der Waals surface area (Å²) in [7, 11) is 0. The lowest BCUT2D eigenvalue weighted by Crippen LogP contribution is -1.94. The van der Waals surface area contributed by atoms with Crippen molar-refractivity contribution < 1.29 is 4.39 Å². The number of fused-ring (bicyclic) bond motifs is 1. The van der Waals surface area contributed by atoms with Gasteiger partial charge in [-0.05, 0) is 24.3 Å². The van der Waals surface area contributed by atoms with Crippen LogP contribution in [0.4, 0.5) is 10.2 Å². The molecular formula is C12H9FN4. The van der Waals surface area contributed by atoms with Crippen LogP contribution in [-0.2, 0) is 0 Å². The first-order chi connectivity index (χ1) is 8.27. The molecule has 0 bridgehead atoms. The largest absolute Gasteiger partial charge is 0.383 e. The maximum atomic E-state index is 13.5. The summed E-state index contributed by atoms with van der Waals surface area (Å²) < 4.78 is 15.1. The molecule has 3 aromatic rings. The summed E-state index contributed by atoms with van der Waals surface area (Å²) in [6.07, 6.45) is 4.98. The van der Waals surface area contributed by atoms with Crippen molar-refractivity contribution in [2.75, 3.05) is 5.73 Å². The zero-order chi connectivity index (χ0) is 11.8. The fourth-order valence-corrected chi connectivity index (χ4v) is 1.77. The van der Waals surface area contributed by atoms with Gasteiger partial charge in [-0.25, -0.2) is 9.37 Å². The number of aromatic nitrogens is 3. The van der Waals surface area contributed by atoms with Crippen molar-refractivity contribution in [2.24, 2.45) is 0 Å². The van der Waals surface area contributed by atoms with Crippen LogP contribution in [-0.4, -0.2) is 14.4 Å². The summed E-state index contributed by atoms with van der Waals surface area (Å²) in [6, 6.07) is 6.53. The first-order valence-electron chi connectivity index (χ1n) is 5.10. The van der Waals surface area contributed by atoms with Crippen molar-refractivity contribution in [1.82, 2.24) is 14.4 Å². The molecule has 0 fully saturated rings. The predicted molar refractivity (Wildman–Crippen MR) is 62.8 cm³/mol. The van der Waals surface area contributed by atoms with Crippen LogP contribution in [0.15, 0.2) is 42.9 Å². The van der Waals surface area contributed by atoms with Crippen molar-refractivity contribution in [3.05, 3.63) is 48.7 Å². The Labute approximate surface area is 96.6 Å². The third kappa shape index (κ3) is 1.44. The molecule has 2 N–H and O–H groups in total. The molecule has 3 aromatic heterocycles. The summed E-state index contributed by atoms with van der Waals surface area (Å²) >= 11 is 0. The third-order valence-electron chi connectivity index (χ3n) is 2.59. The van der Waals surface area contributed by atoms with Crippen LogP contribution in [0.3, 0.4) is 0 Å². The van der Waals surface area contributed by atoms with E-state index in [-0.39, 0.29) is 11.5 Å². The Morgan fingerprint density at radius 2 is 1.94 bits per heavy atom. The first-order valence-corrected chi connectivity index (χ1v) is 5.10. The number of imidazole rings is 1. The fraction of sp³-hybridized carbons (Fsp3) is 0. The predicted octanol–water partition coefficient (Wildman–Crippen LogP) is 2.12. The van der Waals surface area contributed by atoms with Gasteiger partial charge in [0.05, 0.1) is 0 Å². The Balaban J connectivity index is 2.32. The van der Waals surface area contributed by atoms with E-state index in [0.29, 0.717) is 11.5 Å². The minimum absolute atomic E-state index is 0.233. The van der Waals surface area contributed by atoms with Crippen LogP contribution in [0.1, 0.15) is 0 Å². The molecule has 5 heteroatoms. The van der Waals surface area contributed by atoms with Crippen molar-refractivity contribution in [1.29, 1.82) is 0 Å². The van der Waals surface area contributed by atoms with Crippen molar-refractivity contribution in [3.63, 3.8) is 0 Å². The molecule has 0 aliphatic carbocycles. The van der Waals surface area contributed by atoms with Gasteiger partial charge in [0, 0.05) is 24.2 Å². The molecule has 0 radical (unpaired) electrons. The molecule has 0 unspecified atom stereocenters. The van der Waals surface area contributed by atoms with Gasteiger partial charge >= 0.3 is 0 Å². The van der Waals surface area contributed by atoms with Crippen molar-refractivity contribution in [2.45, 2.75) is 0 Å². The maximum absolute atomic E-state index is 13.5. The highest BCUT2D eigenvalue weighted by molar-refractivity contribution is 5.74. The van der Waals surface area contributed by atoms with Gasteiger partial charge in [-0.2, -0.15) is 0 Å². The van der Waals surface area contributed by atoms with E-state index in [0.717, 1.165) is 5.56 Å². The van der Waals surface area contributed by atoms with Crippen LogP contribution >= 0.6 is 0 Å². The lowest BCUT2D eigenvalue weighted by atomic mass is 10.2. The van der Waals surface area contributed by atoms with E-state index < -0.39 is 0 Å². The first kappa shape index (κ1) is 9.77. The molecule has 0 aromatic carbocycles. The molecule has 84 valence electrons. The topological polar surface area (TPSA) is 56.2 Å². The van der Waals surface area contributed by atoms with E-state index in [9.17, 15) is 4.39 Å². The number of nitrogens with two attached hydrogens (primary N) is 1. The van der Waals surface area contributed by atoms with Crippen LogP contribution < -0.4 is 5.73 Å². The SMILES string of the molecule is Nc1c(-c2ccncc2)nc2c(F)cccn12. The average Bonchev–Trinajstić information content (AvgIpc) is 2.70. The van der Waals surface area contributed by atoms with Gasteiger partial charge in [-0.3, -0.25) is 9.38 Å². The second-order valence-electron chi connectivity index (χ2n) is 3.63. The second kappa shape index (κ2) is 3.55. The van der Waals surface area contributed by atoms with Gasteiger partial charge in [0.15, 0.2) is 11.5 Å². The smallest absolute Gasteiger partial charge is 0.175 e. The number of nitrogen functional groups attached to an aromatic ring is 1. The number of nitrogens with zero attached hydrogens (tertiary/aromatic N) is 3. The number of hydrogen-bond donors (Lipinski definition) is 1. The van der Waals surface area contributed by atoms with Gasteiger partial charge in [0.2, 0.25) is 0 Å². The summed E-state index contributed by atoms with van der Waals surface area (Å²) in [5, 5.41) is 0. The molecule has 0 saturated carbocycles. The number of rotatable bonds is 1. The molecule has 3 heterocycles. The van der Waals surface area contributed by atoms with E-state index in [1.807, 2.05) is 0 Å². The summed E-state index contributed by atoms with van der Waals surface area (Å²) in [6.45, 7) is 0. The van der Waals surface area contributed by atoms with Gasteiger partial charge in [0.1, 0.15) is 11.5 Å². The Kier molecular flexibility index (Phi) is 2.04. The molecule has 3 rings (SSSR count). The maximum Gasteiger partial charge on any atom is 0.175 e. The number of pyridine rings is 2. The summed E-state index contributed by atoms with van der Waals surface area (Å²) in [5.41, 5.74) is 7.57. The average molecular weight is 228 g/mol. The number of hydrogen-bond acceptors (Lipinski definition) is 3. The monoisotopic (exact) mass is 228 g/mol. The lowest BCUT2D eigenvalue weighted by molar-refractivity contribution is 0.630. The molecule has 17 heavy (non-hydrogen) atoms. The Morgan fingerprint density at radius 1 is 1.18 bits per heavy atom. The van der Waals surface area contributed by atoms with Crippen molar-refractivity contribution in [3.8, 4) is 11.3 Å². The number of anilines is 1. The Hall–Kier alpha value is -2.43. The quantitative estimate of drug-likeness (QED) is 0.694.